The van der Waals surface area contributed by atoms with Crippen LogP contribution in [0, 0.1) is 0 Å². The second-order valence-corrected chi connectivity index (χ2v) is 5.24. The molecule has 3 heterocycles. The van der Waals surface area contributed by atoms with Crippen molar-refractivity contribution in [3.8, 4) is 0 Å². The van der Waals surface area contributed by atoms with Gasteiger partial charge in [-0.3, -0.25) is 9.89 Å². The SMILES string of the molecule is CN=C1NC(O)N(c2ncccc2Cl)c2nc(C(F)(F)F)ccc21. The molecule has 0 fully saturated rings. The number of nitrogens with one attached hydrogen (secondary N) is 1. The fraction of sp³-hybridized carbons (Fsp3) is 0.214. The van der Waals surface area contributed by atoms with Crippen LogP contribution >= 0.6 is 11.6 Å². The molecule has 1 aliphatic rings. The Labute approximate surface area is 139 Å². The van der Waals surface area contributed by atoms with Crippen molar-refractivity contribution in [3.05, 3.63) is 46.7 Å². The van der Waals surface area contributed by atoms with Crippen LogP contribution in [0.1, 0.15) is 11.3 Å². The Bertz CT molecular complexity index is 811. The smallest absolute Gasteiger partial charge is 0.356 e. The lowest BCUT2D eigenvalue weighted by molar-refractivity contribution is -0.141. The van der Waals surface area contributed by atoms with Gasteiger partial charge in [0.1, 0.15) is 17.3 Å². The molecule has 24 heavy (non-hydrogen) atoms. The molecule has 0 amide bonds. The van der Waals surface area contributed by atoms with Crippen molar-refractivity contribution in [2.45, 2.75) is 12.5 Å². The molecule has 0 bridgehead atoms. The summed E-state index contributed by atoms with van der Waals surface area (Å²) in [4.78, 5) is 12.7. The number of fused-ring (bicyclic) bond motifs is 1. The molecule has 126 valence electrons. The van der Waals surface area contributed by atoms with Gasteiger partial charge < -0.3 is 10.4 Å². The van der Waals surface area contributed by atoms with Gasteiger partial charge in [-0.1, -0.05) is 11.6 Å². The molecule has 0 saturated heterocycles. The van der Waals surface area contributed by atoms with E-state index >= 15 is 0 Å². The molecule has 1 aliphatic heterocycles. The Morgan fingerprint density at radius 1 is 1.29 bits per heavy atom. The summed E-state index contributed by atoms with van der Waals surface area (Å²) in [6.45, 7) is 0. The quantitative estimate of drug-likeness (QED) is 0.820. The van der Waals surface area contributed by atoms with Crippen molar-refractivity contribution >= 4 is 29.1 Å². The maximum Gasteiger partial charge on any atom is 0.433 e. The average molecular weight is 358 g/mol. The third kappa shape index (κ3) is 2.76. The van der Waals surface area contributed by atoms with E-state index in [4.69, 9.17) is 11.6 Å². The minimum atomic E-state index is -4.63. The molecule has 0 aromatic carbocycles. The molecule has 2 aromatic rings. The number of nitrogens with zero attached hydrogens (tertiary/aromatic N) is 4. The molecule has 6 nitrogen and oxygen atoms in total. The fourth-order valence-electron chi connectivity index (χ4n) is 2.31. The topological polar surface area (TPSA) is 73.6 Å². The number of aromatic nitrogens is 2. The second-order valence-electron chi connectivity index (χ2n) is 4.83. The molecule has 10 heteroatoms. The van der Waals surface area contributed by atoms with E-state index in [1.54, 1.807) is 6.07 Å². The Hall–Kier alpha value is -2.39. The van der Waals surface area contributed by atoms with Gasteiger partial charge in [0.05, 0.1) is 10.6 Å². The summed E-state index contributed by atoms with van der Waals surface area (Å²) in [5, 5.41) is 13.1. The van der Waals surface area contributed by atoms with E-state index in [1.165, 1.54) is 25.4 Å². The van der Waals surface area contributed by atoms with Crippen molar-refractivity contribution < 1.29 is 18.3 Å². The number of hydrogen-bond acceptors (Lipinski definition) is 5. The summed E-state index contributed by atoms with van der Waals surface area (Å²) in [5.74, 6) is 0.140. The van der Waals surface area contributed by atoms with Gasteiger partial charge >= 0.3 is 6.18 Å². The molecule has 2 aromatic heterocycles. The highest BCUT2D eigenvalue weighted by atomic mass is 35.5. The first-order valence-corrected chi connectivity index (χ1v) is 7.10. The third-order valence-electron chi connectivity index (χ3n) is 3.35. The zero-order valence-corrected chi connectivity index (χ0v) is 13.0. The largest absolute Gasteiger partial charge is 0.433 e. The lowest BCUT2D eigenvalue weighted by Crippen LogP contribution is -2.51. The first-order chi connectivity index (χ1) is 11.3. The maximum atomic E-state index is 13.0. The van der Waals surface area contributed by atoms with Crippen LogP contribution < -0.4 is 10.2 Å². The Morgan fingerprint density at radius 3 is 2.67 bits per heavy atom. The average Bonchev–Trinajstić information content (AvgIpc) is 2.54. The summed E-state index contributed by atoms with van der Waals surface area (Å²) in [6.07, 6.45) is -4.65. The van der Waals surface area contributed by atoms with Gasteiger partial charge in [0.15, 0.2) is 5.82 Å². The van der Waals surface area contributed by atoms with E-state index in [2.05, 4.69) is 20.3 Å². The molecular formula is C14H11ClF3N5O. The van der Waals surface area contributed by atoms with Crippen LogP contribution in [0.2, 0.25) is 5.02 Å². The monoisotopic (exact) mass is 357 g/mol. The molecule has 3 rings (SSSR count). The van der Waals surface area contributed by atoms with Crippen molar-refractivity contribution in [2.24, 2.45) is 4.99 Å². The van der Waals surface area contributed by atoms with Crippen LogP contribution in [0.15, 0.2) is 35.5 Å². The fourth-order valence-corrected chi connectivity index (χ4v) is 2.52. The van der Waals surface area contributed by atoms with Crippen molar-refractivity contribution in [1.29, 1.82) is 0 Å². The van der Waals surface area contributed by atoms with E-state index in [1.807, 2.05) is 0 Å². The van der Waals surface area contributed by atoms with Gasteiger partial charge in [0.25, 0.3) is 0 Å². The summed E-state index contributed by atoms with van der Waals surface area (Å²) in [7, 11) is 1.44. The van der Waals surface area contributed by atoms with Gasteiger partial charge in [-0.05, 0) is 24.3 Å². The van der Waals surface area contributed by atoms with Crippen LogP contribution in [0.4, 0.5) is 24.8 Å². The van der Waals surface area contributed by atoms with E-state index < -0.39 is 18.2 Å². The number of halogens is 4. The number of aliphatic imine (C=N–C) groups is 1. The number of pyridine rings is 2. The first-order valence-electron chi connectivity index (χ1n) is 6.72. The summed E-state index contributed by atoms with van der Waals surface area (Å²) in [6, 6.07) is 5.15. The Balaban J connectivity index is 2.24. The molecule has 2 N–H and O–H groups in total. The predicted octanol–water partition coefficient (Wildman–Crippen LogP) is 2.54. The van der Waals surface area contributed by atoms with E-state index in [0.717, 1.165) is 11.0 Å². The maximum absolute atomic E-state index is 13.0. The molecule has 1 atom stereocenters. The summed E-state index contributed by atoms with van der Waals surface area (Å²) < 4.78 is 39.0. The third-order valence-corrected chi connectivity index (χ3v) is 3.65. The number of anilines is 2. The Kier molecular flexibility index (Phi) is 4.06. The van der Waals surface area contributed by atoms with Gasteiger partial charge in [0.2, 0.25) is 6.35 Å². The number of amidine groups is 1. The summed E-state index contributed by atoms with van der Waals surface area (Å²) >= 11 is 6.07. The van der Waals surface area contributed by atoms with Crippen LogP contribution in [-0.4, -0.2) is 34.3 Å². The van der Waals surface area contributed by atoms with Crippen molar-refractivity contribution in [1.82, 2.24) is 15.3 Å². The lowest BCUT2D eigenvalue weighted by atomic mass is 10.1. The predicted molar refractivity (Wildman–Crippen MR) is 82.2 cm³/mol. The van der Waals surface area contributed by atoms with Crippen LogP contribution in [0.3, 0.4) is 0 Å². The van der Waals surface area contributed by atoms with E-state index in [-0.39, 0.29) is 28.1 Å². The Morgan fingerprint density at radius 2 is 2.04 bits per heavy atom. The molecule has 0 saturated carbocycles. The molecule has 0 aliphatic carbocycles. The standard InChI is InChI=1S/C14H11ClF3N5O/c1-19-10-7-4-5-9(14(16,17)18)21-11(7)23(13(24)22-10)12-8(15)3-2-6-20-12/h2-6,13,24H,1H3,(H,19,22). The van der Waals surface area contributed by atoms with Gasteiger partial charge in [-0.15, -0.1) is 0 Å². The van der Waals surface area contributed by atoms with E-state index in [0.29, 0.717) is 0 Å². The first kappa shape index (κ1) is 16.5. The minimum Gasteiger partial charge on any atom is -0.356 e. The van der Waals surface area contributed by atoms with Gasteiger partial charge in [-0.2, -0.15) is 13.2 Å². The van der Waals surface area contributed by atoms with Gasteiger partial charge in [-0.25, -0.2) is 9.97 Å². The highest BCUT2D eigenvalue weighted by Gasteiger charge is 2.37. The second kappa shape index (κ2) is 5.91. The van der Waals surface area contributed by atoms with Crippen molar-refractivity contribution in [3.63, 3.8) is 0 Å². The molecule has 1 unspecified atom stereocenters. The highest BCUT2D eigenvalue weighted by molar-refractivity contribution is 6.33. The number of aliphatic hydroxyl groups is 1. The zero-order valence-electron chi connectivity index (χ0n) is 12.2. The number of alkyl halides is 3. The molecule has 0 spiro atoms. The van der Waals surface area contributed by atoms with Crippen LogP contribution in [0.25, 0.3) is 0 Å². The normalized spacial score (nSPS) is 19.2. The zero-order chi connectivity index (χ0) is 17.5. The number of aliphatic hydroxyl groups excluding tert-OH is 1. The molecule has 0 radical (unpaired) electrons. The number of rotatable bonds is 1. The van der Waals surface area contributed by atoms with E-state index in [9.17, 15) is 18.3 Å². The number of hydrogen-bond donors (Lipinski definition) is 2. The minimum absolute atomic E-state index is 0.0717. The van der Waals surface area contributed by atoms with Gasteiger partial charge in [0, 0.05) is 13.2 Å². The highest BCUT2D eigenvalue weighted by Crippen LogP contribution is 2.37. The summed E-state index contributed by atoms with van der Waals surface area (Å²) in [5.41, 5.74) is -0.805. The lowest BCUT2D eigenvalue weighted by Gasteiger charge is -2.35. The van der Waals surface area contributed by atoms with Crippen LogP contribution in [-0.2, 0) is 6.18 Å². The molecular weight excluding hydrogens is 347 g/mol. The van der Waals surface area contributed by atoms with Crippen molar-refractivity contribution in [2.75, 3.05) is 11.9 Å². The van der Waals surface area contributed by atoms with Crippen LogP contribution in [0.5, 0.6) is 0 Å².